The van der Waals surface area contributed by atoms with E-state index in [1.54, 1.807) is 0 Å². The van der Waals surface area contributed by atoms with E-state index in [2.05, 4.69) is 36.7 Å². The topological polar surface area (TPSA) is 70.7 Å². The summed E-state index contributed by atoms with van der Waals surface area (Å²) in [6.45, 7) is 0.730. The lowest BCUT2D eigenvalue weighted by Crippen LogP contribution is -2.32. The average molecular weight is 287 g/mol. The van der Waals surface area contributed by atoms with Crippen LogP contribution < -0.4 is 5.32 Å². The van der Waals surface area contributed by atoms with Crippen molar-refractivity contribution in [3.8, 4) is 0 Å². The van der Waals surface area contributed by atoms with Gasteiger partial charge in [-0.05, 0) is 25.2 Å². The van der Waals surface area contributed by atoms with Gasteiger partial charge >= 0.3 is 0 Å². The van der Waals surface area contributed by atoms with E-state index >= 15 is 0 Å². The van der Waals surface area contributed by atoms with Gasteiger partial charge in [-0.15, -0.1) is 0 Å². The summed E-state index contributed by atoms with van der Waals surface area (Å²) in [5, 5.41) is 12.7. The Labute approximate surface area is 103 Å². The molecule has 0 radical (unpaired) electrons. The van der Waals surface area contributed by atoms with Crippen LogP contribution in [-0.2, 0) is 0 Å². The second kappa shape index (κ2) is 5.43. The fourth-order valence-electron chi connectivity index (χ4n) is 2.05. The van der Waals surface area contributed by atoms with Gasteiger partial charge < -0.3 is 5.32 Å². The molecule has 1 aromatic heterocycles. The first kappa shape index (κ1) is 11.6. The van der Waals surface area contributed by atoms with E-state index in [-0.39, 0.29) is 5.91 Å². The number of carbonyl (C=O) groups excluding carboxylic acids is 1. The lowest BCUT2D eigenvalue weighted by molar-refractivity contribution is 0.0939. The highest BCUT2D eigenvalue weighted by atomic mass is 79.9. The Morgan fingerprint density at radius 1 is 1.62 bits per heavy atom. The van der Waals surface area contributed by atoms with Gasteiger partial charge in [-0.3, -0.25) is 4.79 Å². The average Bonchev–Trinajstić information content (AvgIpc) is 2.79. The molecule has 0 aliphatic heterocycles. The summed E-state index contributed by atoms with van der Waals surface area (Å²) in [4.78, 5) is 12.2. The molecule has 1 amide bonds. The van der Waals surface area contributed by atoms with Crippen LogP contribution in [0.15, 0.2) is 6.20 Å². The zero-order valence-corrected chi connectivity index (χ0v) is 10.5. The minimum atomic E-state index is -0.148. The molecule has 6 heteroatoms. The van der Waals surface area contributed by atoms with Crippen LogP contribution in [0.2, 0.25) is 0 Å². The van der Waals surface area contributed by atoms with E-state index in [4.69, 9.17) is 0 Å². The first-order valence-electron chi connectivity index (χ1n) is 5.53. The van der Waals surface area contributed by atoms with Crippen molar-refractivity contribution in [2.24, 2.45) is 5.92 Å². The molecule has 0 saturated heterocycles. The van der Waals surface area contributed by atoms with Crippen LogP contribution in [0.25, 0.3) is 0 Å². The Morgan fingerprint density at radius 2 is 2.50 bits per heavy atom. The second-order valence-electron chi connectivity index (χ2n) is 4.20. The normalized spacial score (nSPS) is 25.3. The fraction of sp³-hybridized carbons (Fsp3) is 0.700. The lowest BCUT2D eigenvalue weighted by atomic mass is 9.89. The summed E-state index contributed by atoms with van der Waals surface area (Å²) >= 11 is 3.63. The summed E-state index contributed by atoms with van der Waals surface area (Å²) in [6, 6.07) is 0. The number of hydrogen-bond acceptors (Lipinski definition) is 3. The Bertz CT molecular complexity index is 341. The van der Waals surface area contributed by atoms with Gasteiger partial charge in [0, 0.05) is 11.4 Å². The second-order valence-corrected chi connectivity index (χ2v) is 5.49. The van der Waals surface area contributed by atoms with Crippen molar-refractivity contribution in [1.82, 2.24) is 20.7 Å². The zero-order valence-electron chi connectivity index (χ0n) is 8.95. The Morgan fingerprint density at radius 3 is 3.19 bits per heavy atom. The van der Waals surface area contributed by atoms with E-state index in [0.29, 0.717) is 16.4 Å². The minimum Gasteiger partial charge on any atom is -0.350 e. The number of H-pyrrole nitrogens is 1. The molecule has 1 aliphatic carbocycles. The van der Waals surface area contributed by atoms with Crippen molar-refractivity contribution in [3.63, 3.8) is 0 Å². The molecule has 5 nitrogen and oxygen atoms in total. The third-order valence-electron chi connectivity index (χ3n) is 2.92. The first-order chi connectivity index (χ1) is 7.75. The van der Waals surface area contributed by atoms with Crippen LogP contribution >= 0.6 is 15.9 Å². The van der Waals surface area contributed by atoms with Crippen LogP contribution in [0.5, 0.6) is 0 Å². The maximum absolute atomic E-state index is 11.6. The molecule has 0 spiro atoms. The largest absolute Gasteiger partial charge is 0.350 e. The summed E-state index contributed by atoms with van der Waals surface area (Å²) in [6.07, 6.45) is 6.25. The first-order valence-corrected chi connectivity index (χ1v) is 6.45. The number of rotatable bonds is 3. The molecule has 2 unspecified atom stereocenters. The molecule has 2 atom stereocenters. The van der Waals surface area contributed by atoms with Crippen LogP contribution in [0.4, 0.5) is 0 Å². The molecule has 88 valence electrons. The van der Waals surface area contributed by atoms with Gasteiger partial charge in [-0.1, -0.05) is 22.4 Å². The monoisotopic (exact) mass is 286 g/mol. The molecule has 16 heavy (non-hydrogen) atoms. The van der Waals surface area contributed by atoms with Crippen molar-refractivity contribution >= 4 is 21.8 Å². The van der Waals surface area contributed by atoms with Gasteiger partial charge in [0.15, 0.2) is 5.69 Å². The fourth-order valence-corrected chi connectivity index (χ4v) is 2.90. The number of alkyl halides is 1. The number of aromatic nitrogens is 3. The van der Waals surface area contributed by atoms with Crippen molar-refractivity contribution in [2.75, 3.05) is 6.54 Å². The van der Waals surface area contributed by atoms with Gasteiger partial charge in [-0.2, -0.15) is 15.4 Å². The van der Waals surface area contributed by atoms with Crippen LogP contribution in [0.1, 0.15) is 36.2 Å². The maximum atomic E-state index is 11.6. The standard InChI is InChI=1S/C10H15BrN4O/c11-8-3-1-2-7(4-8)5-12-10(16)9-6-13-15-14-9/h6-8H,1-5H2,(H,12,16)(H,13,14,15). The molecule has 2 N–H and O–H groups in total. The number of aromatic amines is 1. The molecule has 0 aromatic carbocycles. The van der Waals surface area contributed by atoms with E-state index < -0.39 is 0 Å². The van der Waals surface area contributed by atoms with E-state index in [1.807, 2.05) is 0 Å². The summed E-state index contributed by atoms with van der Waals surface area (Å²) in [5.74, 6) is 0.430. The Kier molecular flexibility index (Phi) is 3.93. The number of hydrogen-bond donors (Lipinski definition) is 2. The molecular formula is C10H15BrN4O. The molecule has 1 saturated carbocycles. The van der Waals surface area contributed by atoms with Crippen molar-refractivity contribution < 1.29 is 4.79 Å². The highest BCUT2D eigenvalue weighted by Gasteiger charge is 2.20. The predicted molar refractivity (Wildman–Crippen MR) is 63.4 cm³/mol. The number of carbonyl (C=O) groups is 1. The molecule has 1 aliphatic rings. The number of halogens is 1. The summed E-state index contributed by atoms with van der Waals surface area (Å²) < 4.78 is 0. The molecule has 1 fully saturated rings. The van der Waals surface area contributed by atoms with Gasteiger partial charge in [0.1, 0.15) is 0 Å². The Hall–Kier alpha value is -0.910. The number of amides is 1. The zero-order chi connectivity index (χ0) is 11.4. The highest BCUT2D eigenvalue weighted by Crippen LogP contribution is 2.28. The maximum Gasteiger partial charge on any atom is 0.273 e. The van der Waals surface area contributed by atoms with Crippen LogP contribution in [0.3, 0.4) is 0 Å². The third kappa shape index (κ3) is 3.04. The summed E-state index contributed by atoms with van der Waals surface area (Å²) in [5.41, 5.74) is 0.353. The van der Waals surface area contributed by atoms with E-state index in [0.717, 1.165) is 13.0 Å². The van der Waals surface area contributed by atoms with Crippen molar-refractivity contribution in [3.05, 3.63) is 11.9 Å². The van der Waals surface area contributed by atoms with Gasteiger partial charge in [0.2, 0.25) is 0 Å². The van der Waals surface area contributed by atoms with E-state index in [1.165, 1.54) is 25.5 Å². The molecule has 1 aromatic rings. The molecule has 1 heterocycles. The van der Waals surface area contributed by atoms with Gasteiger partial charge in [0.25, 0.3) is 5.91 Å². The Balaban J connectivity index is 1.77. The number of nitrogens with one attached hydrogen (secondary N) is 2. The van der Waals surface area contributed by atoms with Crippen molar-refractivity contribution in [1.29, 1.82) is 0 Å². The predicted octanol–water partition coefficient (Wildman–Crippen LogP) is 1.49. The SMILES string of the molecule is O=C(NCC1CCCC(Br)C1)c1cn[nH]n1. The molecule has 2 rings (SSSR count). The van der Waals surface area contributed by atoms with Crippen LogP contribution in [0, 0.1) is 5.92 Å². The lowest BCUT2D eigenvalue weighted by Gasteiger charge is -2.25. The third-order valence-corrected chi connectivity index (χ3v) is 3.75. The van der Waals surface area contributed by atoms with Crippen LogP contribution in [-0.4, -0.2) is 32.7 Å². The van der Waals surface area contributed by atoms with E-state index in [9.17, 15) is 4.79 Å². The minimum absolute atomic E-state index is 0.148. The highest BCUT2D eigenvalue weighted by molar-refractivity contribution is 9.09. The van der Waals surface area contributed by atoms with Gasteiger partial charge in [0.05, 0.1) is 6.20 Å². The van der Waals surface area contributed by atoms with Crippen molar-refractivity contribution in [2.45, 2.75) is 30.5 Å². The quantitative estimate of drug-likeness (QED) is 0.827. The molecular weight excluding hydrogens is 272 g/mol. The van der Waals surface area contributed by atoms with Gasteiger partial charge in [-0.25, -0.2) is 0 Å². The smallest absolute Gasteiger partial charge is 0.273 e. The summed E-state index contributed by atoms with van der Waals surface area (Å²) in [7, 11) is 0. The number of nitrogens with zero attached hydrogens (tertiary/aromatic N) is 2. The molecule has 0 bridgehead atoms.